The Balaban J connectivity index is 0.00000256. The first-order valence-corrected chi connectivity index (χ1v) is 5.11. The van der Waals surface area contributed by atoms with Crippen molar-refractivity contribution in [2.24, 2.45) is 5.73 Å². The van der Waals surface area contributed by atoms with Crippen LogP contribution in [0.3, 0.4) is 0 Å². The third kappa shape index (κ3) is 3.19. The highest BCUT2D eigenvalue weighted by Crippen LogP contribution is 2.40. The topological polar surface area (TPSA) is 92.5 Å². The Hall–Kier alpha value is -0.630. The molecule has 6 N–H and O–H groups in total. The number of halogens is 4. The number of hydrogen-bond acceptors (Lipinski definition) is 4. The lowest BCUT2D eigenvalue weighted by Crippen LogP contribution is -2.36. The highest BCUT2D eigenvalue weighted by atomic mass is 79.9. The van der Waals surface area contributed by atoms with Crippen LogP contribution in [0.5, 0.6) is 5.75 Å². The number of aromatic hydroxyl groups is 1. The molecule has 1 aromatic rings. The number of benzene rings is 1. The predicted octanol–water partition coefficient (Wildman–Crippen LogP) is 1.79. The number of anilines is 1. The van der Waals surface area contributed by atoms with Crippen LogP contribution in [0.4, 0.5) is 14.5 Å². The van der Waals surface area contributed by atoms with Gasteiger partial charge < -0.3 is 21.7 Å². The van der Waals surface area contributed by atoms with Gasteiger partial charge in [-0.25, -0.2) is 8.78 Å². The van der Waals surface area contributed by atoms with Crippen LogP contribution in [0.2, 0.25) is 0 Å². The molecule has 1 atom stereocenters. The van der Waals surface area contributed by atoms with Gasteiger partial charge in [0.05, 0.1) is 5.69 Å². The molecule has 0 aliphatic heterocycles. The molecule has 0 saturated heterocycles. The predicted molar refractivity (Wildman–Crippen MR) is 66.4 cm³/mol. The summed E-state index contributed by atoms with van der Waals surface area (Å²) >= 11 is 2.99. The number of phenolic OH excluding ortho intramolecular Hbond substituents is 1. The Bertz CT molecular complexity index is 407. The van der Waals surface area contributed by atoms with Gasteiger partial charge in [0.25, 0.3) is 5.92 Å². The molecule has 0 bridgehead atoms. The van der Waals surface area contributed by atoms with Gasteiger partial charge in [-0.05, 0) is 12.1 Å². The molecule has 0 unspecified atom stereocenters. The minimum atomic E-state index is -3.53. The minimum absolute atomic E-state index is 0. The number of nitrogen functional groups attached to an aromatic ring is 1. The van der Waals surface area contributed by atoms with E-state index in [4.69, 9.17) is 16.6 Å². The molecular formula is C9H12BrClF2N2O2. The van der Waals surface area contributed by atoms with E-state index in [0.29, 0.717) is 0 Å². The van der Waals surface area contributed by atoms with Crippen LogP contribution >= 0.6 is 28.3 Å². The average Bonchev–Trinajstić information content (AvgIpc) is 2.24. The molecule has 1 aromatic carbocycles. The van der Waals surface area contributed by atoms with Gasteiger partial charge in [0, 0.05) is 10.0 Å². The number of nitrogens with two attached hydrogens (primary N) is 2. The van der Waals surface area contributed by atoms with E-state index >= 15 is 0 Å². The highest BCUT2D eigenvalue weighted by molar-refractivity contribution is 9.10. The van der Waals surface area contributed by atoms with Crippen LogP contribution in [-0.2, 0) is 0 Å². The van der Waals surface area contributed by atoms with E-state index in [1.807, 2.05) is 0 Å². The molecule has 0 heterocycles. The Morgan fingerprint density at radius 3 is 2.41 bits per heavy atom. The van der Waals surface area contributed by atoms with Crippen molar-refractivity contribution >= 4 is 34.0 Å². The van der Waals surface area contributed by atoms with E-state index in [-0.39, 0.29) is 28.1 Å². The third-order valence-electron chi connectivity index (χ3n) is 2.17. The van der Waals surface area contributed by atoms with Crippen molar-refractivity contribution in [1.82, 2.24) is 0 Å². The Morgan fingerprint density at radius 1 is 1.41 bits per heavy atom. The lowest BCUT2D eigenvalue weighted by molar-refractivity contribution is -0.0717. The van der Waals surface area contributed by atoms with Gasteiger partial charge >= 0.3 is 0 Å². The van der Waals surface area contributed by atoms with Crippen LogP contribution in [0.25, 0.3) is 0 Å². The average molecular weight is 334 g/mol. The fourth-order valence-corrected chi connectivity index (χ4v) is 1.77. The van der Waals surface area contributed by atoms with Gasteiger partial charge in [0.2, 0.25) is 0 Å². The number of phenols is 1. The SMILES string of the molecule is Cl.Nc1ccc(Br)c([C@@H](N)C(F)(F)CO)c1O. The van der Waals surface area contributed by atoms with E-state index in [1.165, 1.54) is 12.1 Å². The van der Waals surface area contributed by atoms with E-state index < -0.39 is 24.3 Å². The quantitative estimate of drug-likeness (QED) is 0.501. The molecule has 0 aliphatic rings. The van der Waals surface area contributed by atoms with Gasteiger partial charge in [0.15, 0.2) is 0 Å². The summed E-state index contributed by atoms with van der Waals surface area (Å²) in [5.74, 6) is -4.04. The van der Waals surface area contributed by atoms with Crippen molar-refractivity contribution in [1.29, 1.82) is 0 Å². The highest BCUT2D eigenvalue weighted by Gasteiger charge is 2.40. The van der Waals surface area contributed by atoms with Crippen LogP contribution in [-0.4, -0.2) is 22.7 Å². The molecule has 4 nitrogen and oxygen atoms in total. The first kappa shape index (κ1) is 16.4. The molecule has 0 saturated carbocycles. The number of hydrogen-bond donors (Lipinski definition) is 4. The molecule has 17 heavy (non-hydrogen) atoms. The second kappa shape index (κ2) is 5.81. The monoisotopic (exact) mass is 332 g/mol. The van der Waals surface area contributed by atoms with Crippen molar-refractivity contribution in [2.45, 2.75) is 12.0 Å². The van der Waals surface area contributed by atoms with E-state index in [0.717, 1.165) is 0 Å². The Kier molecular flexibility index (Phi) is 5.60. The fourth-order valence-electron chi connectivity index (χ4n) is 1.21. The Labute approximate surface area is 111 Å². The van der Waals surface area contributed by atoms with Crippen molar-refractivity contribution < 1.29 is 19.0 Å². The molecule has 0 radical (unpaired) electrons. The first-order valence-electron chi connectivity index (χ1n) is 4.32. The van der Waals surface area contributed by atoms with E-state index in [9.17, 15) is 13.9 Å². The molecule has 0 spiro atoms. The molecule has 8 heteroatoms. The fraction of sp³-hybridized carbons (Fsp3) is 0.333. The maximum Gasteiger partial charge on any atom is 0.289 e. The molecule has 98 valence electrons. The number of alkyl halides is 2. The summed E-state index contributed by atoms with van der Waals surface area (Å²) < 4.78 is 26.6. The second-order valence-electron chi connectivity index (χ2n) is 3.30. The van der Waals surface area contributed by atoms with Crippen LogP contribution in [0.15, 0.2) is 16.6 Å². The zero-order chi connectivity index (χ0) is 12.5. The minimum Gasteiger partial charge on any atom is -0.505 e. The second-order valence-corrected chi connectivity index (χ2v) is 4.15. The lowest BCUT2D eigenvalue weighted by atomic mass is 10.00. The molecule has 0 fully saturated rings. The van der Waals surface area contributed by atoms with E-state index in [1.54, 1.807) is 0 Å². The summed E-state index contributed by atoms with van der Waals surface area (Å²) in [5.41, 5.74) is 10.4. The van der Waals surface area contributed by atoms with Crippen molar-refractivity contribution in [3.8, 4) is 5.75 Å². The lowest BCUT2D eigenvalue weighted by Gasteiger charge is -2.23. The largest absolute Gasteiger partial charge is 0.505 e. The van der Waals surface area contributed by atoms with Crippen molar-refractivity contribution in [2.75, 3.05) is 12.3 Å². The van der Waals surface area contributed by atoms with Gasteiger partial charge in [0.1, 0.15) is 18.4 Å². The molecule has 0 aromatic heterocycles. The molecular weight excluding hydrogens is 321 g/mol. The summed E-state index contributed by atoms with van der Waals surface area (Å²) in [7, 11) is 0. The van der Waals surface area contributed by atoms with Gasteiger partial charge in [-0.3, -0.25) is 0 Å². The Morgan fingerprint density at radius 2 is 1.94 bits per heavy atom. The molecule has 0 aliphatic carbocycles. The van der Waals surface area contributed by atoms with Gasteiger partial charge in [-0.1, -0.05) is 15.9 Å². The summed E-state index contributed by atoms with van der Waals surface area (Å²) in [6.45, 7) is -1.41. The van der Waals surface area contributed by atoms with Crippen LogP contribution in [0.1, 0.15) is 11.6 Å². The number of aliphatic hydroxyl groups is 1. The molecule has 0 amide bonds. The van der Waals surface area contributed by atoms with Crippen molar-refractivity contribution in [3.63, 3.8) is 0 Å². The van der Waals surface area contributed by atoms with Crippen LogP contribution in [0, 0.1) is 0 Å². The van der Waals surface area contributed by atoms with Crippen molar-refractivity contribution in [3.05, 3.63) is 22.2 Å². The summed E-state index contributed by atoms with van der Waals surface area (Å²) in [4.78, 5) is 0. The zero-order valence-electron chi connectivity index (χ0n) is 8.53. The van der Waals surface area contributed by atoms with E-state index in [2.05, 4.69) is 15.9 Å². The number of aliphatic hydroxyl groups excluding tert-OH is 1. The molecule has 1 rings (SSSR count). The number of rotatable bonds is 3. The maximum absolute atomic E-state index is 13.2. The summed E-state index contributed by atoms with van der Waals surface area (Å²) in [5, 5.41) is 18.1. The van der Waals surface area contributed by atoms with Gasteiger partial charge in [-0.15, -0.1) is 12.4 Å². The maximum atomic E-state index is 13.2. The standard InChI is InChI=1S/C9H11BrF2N2O2.ClH/c10-4-1-2-5(13)7(16)6(4)8(14)9(11,12)3-15;/h1-2,8,15-16H,3,13-14H2;1H/t8-;/m1./s1. The smallest absolute Gasteiger partial charge is 0.289 e. The van der Waals surface area contributed by atoms with Gasteiger partial charge in [-0.2, -0.15) is 0 Å². The first-order chi connectivity index (χ1) is 7.31. The zero-order valence-corrected chi connectivity index (χ0v) is 10.9. The summed E-state index contributed by atoms with van der Waals surface area (Å²) in [6.07, 6.45) is 0. The summed E-state index contributed by atoms with van der Waals surface area (Å²) in [6, 6.07) is 0.917. The van der Waals surface area contributed by atoms with Crippen LogP contribution < -0.4 is 11.5 Å². The normalized spacial score (nSPS) is 13.0. The third-order valence-corrected chi connectivity index (χ3v) is 2.86.